The van der Waals surface area contributed by atoms with E-state index in [-0.39, 0.29) is 0 Å². The Hall–Kier alpha value is -2.81. The molecular formula is C21H19N3. The summed E-state index contributed by atoms with van der Waals surface area (Å²) in [4.78, 5) is 3.35. The molecule has 0 unspecified atom stereocenters. The highest BCUT2D eigenvalue weighted by Gasteiger charge is 2.44. The molecule has 3 aromatic rings. The van der Waals surface area contributed by atoms with Crippen molar-refractivity contribution in [2.45, 2.75) is 12.3 Å². The standard InChI is InChI=1S/C21H19N3/c1-2-6-14(7-3-1)18-11-19(18)21-16(13-23-24-21)10-15-12-22-20-9-5-4-8-17(15)20/h1-10,12,18-19,22-23H,11,13H2/t18-,19+/m0/s1. The maximum atomic E-state index is 4.60. The van der Waals surface area contributed by atoms with E-state index >= 15 is 0 Å². The van der Waals surface area contributed by atoms with E-state index in [1.807, 2.05) is 0 Å². The highest BCUT2D eigenvalue weighted by Crippen LogP contribution is 2.50. The molecule has 0 amide bonds. The monoisotopic (exact) mass is 313 g/mol. The highest BCUT2D eigenvalue weighted by molar-refractivity contribution is 6.09. The number of nitrogens with zero attached hydrogens (tertiary/aromatic N) is 1. The molecule has 2 aromatic carbocycles. The van der Waals surface area contributed by atoms with Gasteiger partial charge in [0, 0.05) is 28.6 Å². The molecule has 118 valence electrons. The Balaban J connectivity index is 1.44. The smallest absolute Gasteiger partial charge is 0.0690 e. The van der Waals surface area contributed by atoms with E-state index in [1.165, 1.54) is 39.7 Å². The fraction of sp³-hybridized carbons (Fsp3) is 0.190. The van der Waals surface area contributed by atoms with Crippen molar-refractivity contribution in [3.05, 3.63) is 77.5 Å². The summed E-state index contributed by atoms with van der Waals surface area (Å²) in [5.74, 6) is 1.18. The van der Waals surface area contributed by atoms with Crippen molar-refractivity contribution >= 4 is 22.7 Å². The van der Waals surface area contributed by atoms with E-state index < -0.39 is 0 Å². The number of hydrogen-bond donors (Lipinski definition) is 2. The summed E-state index contributed by atoms with van der Waals surface area (Å²) in [7, 11) is 0. The number of aromatic amines is 1. The van der Waals surface area contributed by atoms with E-state index in [4.69, 9.17) is 0 Å². The number of nitrogens with one attached hydrogen (secondary N) is 2. The van der Waals surface area contributed by atoms with Gasteiger partial charge in [-0.05, 0) is 35.6 Å². The minimum atomic E-state index is 0.554. The van der Waals surface area contributed by atoms with E-state index in [2.05, 4.69) is 82.4 Å². The third-order valence-corrected chi connectivity index (χ3v) is 5.12. The zero-order chi connectivity index (χ0) is 15.9. The third-order valence-electron chi connectivity index (χ3n) is 5.12. The Bertz CT molecular complexity index is 949. The largest absolute Gasteiger partial charge is 0.361 e. The topological polar surface area (TPSA) is 40.2 Å². The molecule has 1 saturated carbocycles. The lowest BCUT2D eigenvalue weighted by molar-refractivity contribution is 0.854. The van der Waals surface area contributed by atoms with Crippen LogP contribution in [-0.2, 0) is 0 Å². The number of H-pyrrole nitrogens is 1. The molecular weight excluding hydrogens is 294 g/mol. The number of para-hydroxylation sites is 1. The van der Waals surface area contributed by atoms with Gasteiger partial charge in [0.15, 0.2) is 0 Å². The van der Waals surface area contributed by atoms with Gasteiger partial charge in [-0.15, -0.1) is 0 Å². The fourth-order valence-electron chi connectivity index (χ4n) is 3.79. The molecule has 0 saturated heterocycles. The van der Waals surface area contributed by atoms with Gasteiger partial charge in [-0.3, -0.25) is 0 Å². The molecule has 0 radical (unpaired) electrons. The maximum Gasteiger partial charge on any atom is 0.0690 e. The lowest BCUT2D eigenvalue weighted by atomic mass is 10.0. The Morgan fingerprint density at radius 2 is 1.79 bits per heavy atom. The van der Waals surface area contributed by atoms with Crippen LogP contribution in [0.5, 0.6) is 0 Å². The van der Waals surface area contributed by atoms with Crippen LogP contribution in [0.15, 0.2) is 71.5 Å². The van der Waals surface area contributed by atoms with Crippen LogP contribution in [0.4, 0.5) is 0 Å². The Morgan fingerprint density at radius 1 is 0.958 bits per heavy atom. The number of rotatable bonds is 3. The first-order chi connectivity index (χ1) is 11.9. The molecule has 1 aromatic heterocycles. The van der Waals surface area contributed by atoms with Gasteiger partial charge in [0.1, 0.15) is 0 Å². The van der Waals surface area contributed by atoms with Crippen LogP contribution in [0, 0.1) is 5.92 Å². The first-order valence-electron chi connectivity index (χ1n) is 8.52. The zero-order valence-electron chi connectivity index (χ0n) is 13.4. The lowest BCUT2D eigenvalue weighted by Gasteiger charge is -2.03. The number of fused-ring (bicyclic) bond motifs is 1. The Kier molecular flexibility index (Phi) is 3.05. The first-order valence-corrected chi connectivity index (χ1v) is 8.52. The summed E-state index contributed by atoms with van der Waals surface area (Å²) >= 11 is 0. The van der Waals surface area contributed by atoms with Crippen LogP contribution in [0.25, 0.3) is 17.0 Å². The SMILES string of the molecule is C(=C1CNN=C1[C@@H]1C[C@H]1c1ccccc1)c1c[nH]c2ccccc12. The van der Waals surface area contributed by atoms with Crippen molar-refractivity contribution in [2.24, 2.45) is 11.0 Å². The van der Waals surface area contributed by atoms with Crippen molar-refractivity contribution in [2.75, 3.05) is 6.54 Å². The number of hydrogen-bond acceptors (Lipinski definition) is 2. The van der Waals surface area contributed by atoms with Crippen LogP contribution >= 0.6 is 0 Å². The number of aromatic nitrogens is 1. The summed E-state index contributed by atoms with van der Waals surface area (Å²) in [6, 6.07) is 19.2. The average Bonchev–Trinajstić information content (AvgIpc) is 3.12. The molecule has 0 bridgehead atoms. The van der Waals surface area contributed by atoms with Crippen molar-refractivity contribution in [3.8, 4) is 0 Å². The molecule has 2 heterocycles. The molecule has 2 aliphatic rings. The molecule has 1 fully saturated rings. The predicted octanol–water partition coefficient (Wildman–Crippen LogP) is 4.31. The van der Waals surface area contributed by atoms with Gasteiger partial charge in [-0.1, -0.05) is 48.5 Å². The average molecular weight is 313 g/mol. The molecule has 2 atom stereocenters. The quantitative estimate of drug-likeness (QED) is 0.743. The minimum Gasteiger partial charge on any atom is -0.361 e. The second-order valence-electron chi connectivity index (χ2n) is 6.65. The van der Waals surface area contributed by atoms with E-state index in [9.17, 15) is 0 Å². The normalized spacial score (nSPS) is 24.2. The molecule has 5 rings (SSSR count). The van der Waals surface area contributed by atoms with E-state index in [0.717, 1.165) is 6.54 Å². The van der Waals surface area contributed by atoms with E-state index in [1.54, 1.807) is 0 Å². The van der Waals surface area contributed by atoms with Crippen LogP contribution in [-0.4, -0.2) is 17.2 Å². The Morgan fingerprint density at radius 3 is 2.71 bits per heavy atom. The summed E-state index contributed by atoms with van der Waals surface area (Å²) in [6.07, 6.45) is 5.59. The van der Waals surface area contributed by atoms with Gasteiger partial charge in [-0.25, -0.2) is 0 Å². The zero-order valence-corrected chi connectivity index (χ0v) is 13.4. The first kappa shape index (κ1) is 13.6. The molecule has 1 aliphatic carbocycles. The van der Waals surface area contributed by atoms with Crippen molar-refractivity contribution in [1.82, 2.24) is 10.4 Å². The van der Waals surface area contributed by atoms with E-state index in [0.29, 0.717) is 11.8 Å². The second kappa shape index (κ2) is 5.38. The molecule has 3 nitrogen and oxygen atoms in total. The predicted molar refractivity (Wildman–Crippen MR) is 99.0 cm³/mol. The maximum absolute atomic E-state index is 4.60. The molecule has 1 aliphatic heterocycles. The number of benzene rings is 2. The molecule has 0 spiro atoms. The van der Waals surface area contributed by atoms with Crippen LogP contribution < -0.4 is 5.43 Å². The highest BCUT2D eigenvalue weighted by atomic mass is 15.3. The van der Waals surface area contributed by atoms with Gasteiger partial charge in [0.05, 0.1) is 12.3 Å². The molecule has 24 heavy (non-hydrogen) atoms. The summed E-state index contributed by atoms with van der Waals surface area (Å²) in [6.45, 7) is 0.826. The third kappa shape index (κ3) is 2.24. The van der Waals surface area contributed by atoms with Crippen molar-refractivity contribution in [1.29, 1.82) is 0 Å². The van der Waals surface area contributed by atoms with Gasteiger partial charge in [-0.2, -0.15) is 5.10 Å². The van der Waals surface area contributed by atoms with Crippen molar-refractivity contribution < 1.29 is 0 Å². The van der Waals surface area contributed by atoms with Crippen LogP contribution in [0.2, 0.25) is 0 Å². The van der Waals surface area contributed by atoms with Crippen LogP contribution in [0.3, 0.4) is 0 Å². The lowest BCUT2D eigenvalue weighted by Crippen LogP contribution is -2.05. The number of hydrazone groups is 1. The second-order valence-corrected chi connectivity index (χ2v) is 6.65. The Labute approximate surface area is 141 Å². The van der Waals surface area contributed by atoms with Gasteiger partial charge >= 0.3 is 0 Å². The van der Waals surface area contributed by atoms with Gasteiger partial charge < -0.3 is 10.4 Å². The fourth-order valence-corrected chi connectivity index (χ4v) is 3.79. The van der Waals surface area contributed by atoms with Gasteiger partial charge in [0.25, 0.3) is 0 Å². The summed E-state index contributed by atoms with van der Waals surface area (Å²) in [5, 5.41) is 5.87. The summed E-state index contributed by atoms with van der Waals surface area (Å²) < 4.78 is 0. The minimum absolute atomic E-state index is 0.554. The molecule has 3 heteroatoms. The summed E-state index contributed by atoms with van der Waals surface area (Å²) in [5.41, 5.74) is 9.61. The van der Waals surface area contributed by atoms with Crippen molar-refractivity contribution in [3.63, 3.8) is 0 Å². The molecule has 2 N–H and O–H groups in total. The van der Waals surface area contributed by atoms with Crippen LogP contribution in [0.1, 0.15) is 23.5 Å². The van der Waals surface area contributed by atoms with Gasteiger partial charge in [0.2, 0.25) is 0 Å².